The van der Waals surface area contributed by atoms with E-state index in [0.29, 0.717) is 24.0 Å². The molecule has 10 N–H and O–H groups in total. The summed E-state index contributed by atoms with van der Waals surface area (Å²) in [6, 6.07) is 0. The lowest BCUT2D eigenvalue weighted by molar-refractivity contribution is -0.137. The molecule has 2 aromatic rings. The molecule has 0 radical (unpaired) electrons. The molecule has 2 aromatic heterocycles. The zero-order valence-electron chi connectivity index (χ0n) is 37.5. The number of nitrogens with two attached hydrogens (primary N) is 1. The number of anilines is 1. The van der Waals surface area contributed by atoms with Gasteiger partial charge in [-0.3, -0.25) is 32.5 Å². The van der Waals surface area contributed by atoms with Gasteiger partial charge in [0.15, 0.2) is 22.8 Å². The highest BCUT2D eigenvalue weighted by Gasteiger charge is 2.50. The summed E-state index contributed by atoms with van der Waals surface area (Å²) in [7, 11) is -16.4. The molecule has 1 aliphatic rings. The Morgan fingerprint density at radius 1 is 0.908 bits per heavy atom. The van der Waals surface area contributed by atoms with Gasteiger partial charge in [-0.15, -0.1) is 0 Å². The maximum absolute atomic E-state index is 12.7. The highest BCUT2D eigenvalue weighted by Crippen LogP contribution is 2.61. The van der Waals surface area contributed by atoms with Gasteiger partial charge >= 0.3 is 23.5 Å². The summed E-state index contributed by atoms with van der Waals surface area (Å²) < 4.78 is 62.4. The standard InChI is InChI=1S/C37H66N7O17P3S/c1-23(2)9-7-10-24(3)11-8-12-25(4)13-14-28(46)65-18-17-39-27(45)15-16-40-35(49)32(48)37(5,6)20-58-64(55,56)61-63(53,54)57-19-26-31(60-62(50,51)52)30(47)36(59-26)44-22-43-29-33(38)41-21-42-34(29)44/h21-26,30-32,36,47-48H,7-20H2,1-6H3,(H,39,45)(H,40,49)(H,53,54)(H,55,56)(H2,38,41,42)(H2,50,51,52)/t24?,25?,26-,30-,31-,32+,36-/m1/s1. The first kappa shape index (κ1) is 56.9. The van der Waals surface area contributed by atoms with Gasteiger partial charge in [-0.1, -0.05) is 91.8 Å². The topological polar surface area (TPSA) is 364 Å². The van der Waals surface area contributed by atoms with Crippen LogP contribution in [0.4, 0.5) is 5.82 Å². The molecule has 4 unspecified atom stereocenters. The summed E-state index contributed by atoms with van der Waals surface area (Å²) in [4.78, 5) is 88.5. The number of aliphatic hydroxyl groups is 2. The Morgan fingerprint density at radius 2 is 1.54 bits per heavy atom. The van der Waals surface area contributed by atoms with Crippen LogP contribution in [-0.4, -0.2) is 123 Å². The summed E-state index contributed by atoms with van der Waals surface area (Å²) in [6.07, 6.45) is 1.63. The van der Waals surface area contributed by atoms with Crippen LogP contribution >= 0.6 is 35.2 Å². The highest BCUT2D eigenvalue weighted by molar-refractivity contribution is 8.13. The number of phosphoric ester groups is 3. The first-order valence-electron chi connectivity index (χ1n) is 21.2. The molecule has 372 valence electrons. The Hall–Kier alpha value is -2.44. The maximum atomic E-state index is 12.7. The fourth-order valence-electron chi connectivity index (χ4n) is 6.71. The maximum Gasteiger partial charge on any atom is 0.481 e. The van der Waals surface area contributed by atoms with E-state index in [1.54, 1.807) is 0 Å². The van der Waals surface area contributed by atoms with Gasteiger partial charge in [-0.05, 0) is 24.2 Å². The number of nitrogen functional groups attached to an aromatic ring is 1. The zero-order valence-corrected chi connectivity index (χ0v) is 41.0. The second kappa shape index (κ2) is 25.8. The van der Waals surface area contributed by atoms with Crippen LogP contribution in [0.1, 0.15) is 106 Å². The third-order valence-corrected chi connectivity index (χ3v) is 14.5. The molecule has 24 nitrogen and oxygen atoms in total. The van der Waals surface area contributed by atoms with Crippen LogP contribution in [-0.2, 0) is 50.7 Å². The minimum atomic E-state index is -5.58. The summed E-state index contributed by atoms with van der Waals surface area (Å²) >= 11 is 1.15. The number of aliphatic hydroxyl groups excluding tert-OH is 2. The smallest absolute Gasteiger partial charge is 0.386 e. The summed E-state index contributed by atoms with van der Waals surface area (Å²) in [6.45, 7) is 9.54. The van der Waals surface area contributed by atoms with Gasteiger partial charge in [0.05, 0.1) is 19.5 Å². The molecule has 1 aliphatic heterocycles. The molecule has 3 rings (SSSR count). The number of fused-ring (bicyclic) bond motifs is 1. The van der Waals surface area contributed by atoms with E-state index in [4.69, 9.17) is 19.5 Å². The minimum absolute atomic E-state index is 0.0329. The normalized spacial score (nSPS) is 21.4. The molecule has 65 heavy (non-hydrogen) atoms. The second-order valence-corrected chi connectivity index (χ2v) is 22.7. The number of amides is 2. The molecule has 1 saturated heterocycles. The highest BCUT2D eigenvalue weighted by atomic mass is 32.2. The molecular formula is C37H66N7O17P3S. The Kier molecular flexibility index (Phi) is 22.6. The molecule has 0 aliphatic carbocycles. The van der Waals surface area contributed by atoms with Crippen molar-refractivity contribution in [3.8, 4) is 0 Å². The van der Waals surface area contributed by atoms with Crippen LogP contribution in [0.3, 0.4) is 0 Å². The van der Waals surface area contributed by atoms with Crippen molar-refractivity contribution < 1.29 is 80.5 Å². The average molecular weight is 1010 g/mol. The van der Waals surface area contributed by atoms with E-state index in [1.165, 1.54) is 39.5 Å². The number of hydrogen-bond acceptors (Lipinski definition) is 18. The number of hydrogen-bond donors (Lipinski definition) is 9. The lowest BCUT2D eigenvalue weighted by atomic mass is 9.87. The van der Waals surface area contributed by atoms with E-state index in [-0.39, 0.29) is 41.6 Å². The van der Waals surface area contributed by atoms with Gasteiger partial charge in [0.2, 0.25) is 11.8 Å². The third kappa shape index (κ3) is 20.0. The van der Waals surface area contributed by atoms with Crippen molar-refractivity contribution in [2.45, 2.75) is 130 Å². The molecule has 0 aromatic carbocycles. The third-order valence-electron chi connectivity index (χ3n) is 10.5. The van der Waals surface area contributed by atoms with Crippen LogP contribution in [0.2, 0.25) is 0 Å². The predicted molar refractivity (Wildman–Crippen MR) is 237 cm³/mol. The number of imidazole rings is 1. The van der Waals surface area contributed by atoms with Crippen molar-refractivity contribution >= 4 is 69.1 Å². The van der Waals surface area contributed by atoms with Crippen LogP contribution in [0.15, 0.2) is 12.7 Å². The van der Waals surface area contributed by atoms with E-state index in [9.17, 15) is 57.9 Å². The monoisotopic (exact) mass is 1010 g/mol. The quantitative estimate of drug-likeness (QED) is 0.0398. The van der Waals surface area contributed by atoms with E-state index in [0.717, 1.165) is 54.2 Å². The van der Waals surface area contributed by atoms with Crippen molar-refractivity contribution in [2.75, 3.05) is 37.8 Å². The van der Waals surface area contributed by atoms with Gasteiger partial charge in [-0.2, -0.15) is 4.31 Å². The first-order chi connectivity index (χ1) is 30.2. The van der Waals surface area contributed by atoms with Gasteiger partial charge in [0.1, 0.15) is 36.3 Å². The van der Waals surface area contributed by atoms with Crippen molar-refractivity contribution in [1.29, 1.82) is 0 Å². The van der Waals surface area contributed by atoms with E-state index in [2.05, 4.69) is 62.1 Å². The number of aromatic nitrogens is 4. The number of phosphoric acid groups is 3. The lowest BCUT2D eigenvalue weighted by Gasteiger charge is -2.30. The van der Waals surface area contributed by atoms with E-state index < -0.39 is 84.6 Å². The second-order valence-electron chi connectivity index (χ2n) is 17.3. The molecular weight excluding hydrogens is 939 g/mol. The summed E-state index contributed by atoms with van der Waals surface area (Å²) in [5, 5.41) is 26.7. The number of nitrogens with zero attached hydrogens (tertiary/aromatic N) is 4. The molecule has 1 fully saturated rings. The number of thioether (sulfide) groups is 1. The molecule has 9 atom stereocenters. The number of carbonyl (C=O) groups excluding carboxylic acids is 3. The lowest BCUT2D eigenvalue weighted by Crippen LogP contribution is -2.46. The molecule has 2 amide bonds. The Morgan fingerprint density at radius 3 is 2.18 bits per heavy atom. The predicted octanol–water partition coefficient (Wildman–Crippen LogP) is 3.71. The van der Waals surface area contributed by atoms with Crippen LogP contribution in [0.25, 0.3) is 11.2 Å². The largest absolute Gasteiger partial charge is 0.481 e. The molecule has 28 heteroatoms. The van der Waals surface area contributed by atoms with Crippen LogP contribution in [0, 0.1) is 23.2 Å². The Balaban J connectivity index is 1.36. The Bertz CT molecular complexity index is 2010. The van der Waals surface area contributed by atoms with E-state index in [1.807, 2.05) is 0 Å². The zero-order chi connectivity index (χ0) is 48.8. The average Bonchev–Trinajstić information content (AvgIpc) is 3.76. The van der Waals surface area contributed by atoms with Crippen molar-refractivity contribution in [1.82, 2.24) is 30.2 Å². The summed E-state index contributed by atoms with van der Waals surface area (Å²) in [5.41, 5.74) is 4.28. The fraction of sp³-hybridized carbons (Fsp3) is 0.784. The van der Waals surface area contributed by atoms with Gasteiger partial charge in [0.25, 0.3) is 0 Å². The van der Waals surface area contributed by atoms with Crippen molar-refractivity contribution in [3.05, 3.63) is 12.7 Å². The molecule has 0 bridgehead atoms. The SMILES string of the molecule is CC(C)CCCC(C)CCCC(C)CCC(=O)SCCNC(=O)CCNC(=O)[C@H](O)C(C)(C)COP(=O)(O)OP(=O)(O)OC[C@H]1O[C@@H](n2cnc3c(N)ncnc32)[C@H](O)[C@@H]1OP(=O)(O)O. The molecule has 3 heterocycles. The van der Waals surface area contributed by atoms with Gasteiger partial charge in [0, 0.05) is 37.1 Å². The van der Waals surface area contributed by atoms with E-state index >= 15 is 0 Å². The number of ether oxygens (including phenoxy) is 1. The van der Waals surface area contributed by atoms with Gasteiger partial charge < -0.3 is 50.9 Å². The first-order valence-corrected chi connectivity index (χ1v) is 26.8. The van der Waals surface area contributed by atoms with Crippen molar-refractivity contribution in [3.63, 3.8) is 0 Å². The van der Waals surface area contributed by atoms with Crippen LogP contribution in [0.5, 0.6) is 0 Å². The molecule has 0 saturated carbocycles. The Labute approximate surface area is 382 Å². The fourth-order valence-corrected chi connectivity index (χ4v) is 10.2. The van der Waals surface area contributed by atoms with Crippen molar-refractivity contribution in [2.24, 2.45) is 23.2 Å². The minimum Gasteiger partial charge on any atom is -0.386 e. The number of rotatable bonds is 30. The number of carbonyl (C=O) groups is 3. The molecule has 0 spiro atoms. The summed E-state index contributed by atoms with van der Waals surface area (Å²) in [5.74, 6) is 0.872. The van der Waals surface area contributed by atoms with Crippen LogP contribution < -0.4 is 16.4 Å². The number of nitrogens with one attached hydrogen (secondary N) is 2. The van der Waals surface area contributed by atoms with Gasteiger partial charge in [-0.25, -0.2) is 28.6 Å².